The fourth-order valence-corrected chi connectivity index (χ4v) is 16.5. The van der Waals surface area contributed by atoms with Crippen molar-refractivity contribution in [2.75, 3.05) is 68.3 Å². The molecule has 784 valence electrons. The average molecular weight is 2070 g/mol. The Morgan fingerprint density at radius 3 is 1.09 bits per heavy atom. The number of hydrogen-bond acceptors (Lipinski definition) is 47. The largest absolute Gasteiger partial charge is 0.460 e. The summed E-state index contributed by atoms with van der Waals surface area (Å²) in [5, 5.41) is 142. The number of nitrogens with two attached hydrogens (primary N) is 5. The zero-order valence-electron chi connectivity index (χ0n) is 79.3. The lowest BCUT2D eigenvalue weighted by molar-refractivity contribution is -0.225. The van der Waals surface area contributed by atoms with Gasteiger partial charge in [0.25, 0.3) is 23.4 Å². The van der Waals surface area contributed by atoms with Gasteiger partial charge in [0.05, 0.1) is 79.4 Å². The number of fused-ring (bicyclic) bond motifs is 6. The summed E-state index contributed by atoms with van der Waals surface area (Å²) in [6, 6.07) is 6.20. The van der Waals surface area contributed by atoms with E-state index in [0.717, 1.165) is 23.0 Å². The van der Waals surface area contributed by atoms with Gasteiger partial charge in [-0.1, -0.05) is 63.2 Å². The van der Waals surface area contributed by atoms with E-state index in [1.807, 2.05) is 17.8 Å². The number of halogens is 4. The molecule has 0 radical (unpaired) electrons. The number of ether oxygens (including phenoxy) is 10. The molecule has 24 N–H and O–H groups in total. The molecule has 12 aromatic heterocycles. The van der Waals surface area contributed by atoms with Crippen molar-refractivity contribution in [1.29, 1.82) is 0 Å². The molecule has 0 aromatic carbocycles. The number of aryl methyl sites for hydroxylation is 3. The molecular formula is C91H99F4N25O28. The Balaban J connectivity index is 0.000000149. The van der Waals surface area contributed by atoms with Crippen molar-refractivity contribution in [2.45, 2.75) is 206 Å². The van der Waals surface area contributed by atoms with E-state index in [-0.39, 0.29) is 51.0 Å². The highest BCUT2D eigenvalue weighted by molar-refractivity contribution is 5.87. The maximum atomic E-state index is 16.1. The highest BCUT2D eigenvalue weighted by atomic mass is 19.2. The van der Waals surface area contributed by atoms with Gasteiger partial charge in [0.1, 0.15) is 88.8 Å². The molecule has 12 aromatic rings. The second kappa shape index (κ2) is 41.6. The number of rotatable bonds is 18. The molecule has 0 bridgehead atoms. The number of anilines is 5. The Hall–Kier alpha value is -15.3. The molecule has 148 heavy (non-hydrogen) atoms. The standard InChI is InChI=1S/C21H25FN4O6.C17H17FN4O6.C14H14FN3O4.C13H13FN4O4.2C13H15N5O4/c1-6-20(29)18(31-17(28)12(4)5)21(22,9-30-16(27)11(2)3)32-19(20)26-10-25-14-13(23)7-8-24-15(14)26;1-4-16(25)14(27-10(3)24)17(18,7-26-9(2)23)28-15(16)22-8-21-12-11(19)5-6-20-13(12)22;1-3-13(21)11(20)14(15,6-19)22-12(13)18-5-4-9-8(2)16-7-17-10(9)18;1-2-12(21)10(20)13(14,5-19)22-11(12)18-6-17-8-7(15)3-4-16-9(8)18;2*1-3-13(21)9(20)7(4-19)22-12(13)18-5-15-8-10(14)16-6(2)17-11(8)18/h1,7-8,10-12,18-19,29H,9H2,2-5H3,(H2,23,24);1,5-6,8,14-15,25H,7H2,2-3H3,(H2,19,20);1,4-5,7,11-12,19-21H,6H2,2H3;1,3-4,6,10-11,19-21H,5H2,(H2,15,16);2*1,5,7,9,12,19-21H,4H2,2H3,(H2,14,16,17)/t18-,19+,20+,21+;14-,15+,16+,17+;11-,12+,13+,14+;10-,11+,12+,13+;2*7-,9-,12-,13-/m000011/s1. The first-order chi connectivity index (χ1) is 69.6. The van der Waals surface area contributed by atoms with E-state index in [0.29, 0.717) is 61.9 Å². The summed E-state index contributed by atoms with van der Waals surface area (Å²) < 4.78 is 120. The lowest BCUT2D eigenvalue weighted by Crippen LogP contribution is -2.53. The molecule has 0 amide bonds. The van der Waals surface area contributed by atoms with E-state index in [4.69, 9.17) is 120 Å². The van der Waals surface area contributed by atoms with Gasteiger partial charge in [-0.05, 0) is 45.0 Å². The molecule has 0 spiro atoms. The van der Waals surface area contributed by atoms with Crippen LogP contribution in [-0.2, 0) is 66.5 Å². The highest BCUT2D eigenvalue weighted by Crippen LogP contribution is 2.53. The number of aromatic nitrogens is 20. The lowest BCUT2D eigenvalue weighted by Gasteiger charge is -2.30. The van der Waals surface area contributed by atoms with Crippen LogP contribution in [0.4, 0.5) is 46.3 Å². The first-order valence-electron chi connectivity index (χ1n) is 43.9. The monoisotopic (exact) mass is 2070 g/mol. The summed E-state index contributed by atoms with van der Waals surface area (Å²) in [5.74, 6) is -2.72. The highest BCUT2D eigenvalue weighted by Gasteiger charge is 2.72. The van der Waals surface area contributed by atoms with Crippen LogP contribution in [0.1, 0.15) is 96.3 Å². The fraction of sp³-hybridized carbons (Fsp3) is 0.451. The summed E-state index contributed by atoms with van der Waals surface area (Å²) in [6.07, 6.45) is 23.8. The van der Waals surface area contributed by atoms with E-state index in [2.05, 4.69) is 92.3 Å². The number of nitrogen functional groups attached to an aromatic ring is 5. The summed E-state index contributed by atoms with van der Waals surface area (Å²) in [7, 11) is 0. The number of nitrogens with zero attached hydrogens (tertiary/aromatic N) is 20. The average Bonchev–Trinajstić information content (AvgIpc) is 1.57. The number of aliphatic hydroxyl groups is 14. The van der Waals surface area contributed by atoms with Crippen molar-refractivity contribution < 1.29 is 156 Å². The normalized spacial score (nSPS) is 31.3. The molecule has 6 aliphatic heterocycles. The van der Waals surface area contributed by atoms with Gasteiger partial charge in [-0.25, -0.2) is 87.3 Å². The van der Waals surface area contributed by atoms with Crippen LogP contribution in [0.25, 0.3) is 66.9 Å². The number of terminal acetylenes is 6. The molecule has 57 heteroatoms. The van der Waals surface area contributed by atoms with Gasteiger partial charge >= 0.3 is 23.9 Å². The fourth-order valence-electron chi connectivity index (χ4n) is 16.5. The molecule has 0 saturated carbocycles. The predicted octanol–water partition coefficient (Wildman–Crippen LogP) is -3.35. The molecule has 24 atom stereocenters. The number of alkyl halides is 4. The quantitative estimate of drug-likeness (QED) is 0.0173. The summed E-state index contributed by atoms with van der Waals surface area (Å²) in [4.78, 5) is 104. The van der Waals surface area contributed by atoms with Crippen LogP contribution in [0, 0.1) is 107 Å². The van der Waals surface area contributed by atoms with Gasteiger partial charge < -0.3 is 152 Å². The van der Waals surface area contributed by atoms with E-state index in [1.165, 1.54) is 113 Å². The van der Waals surface area contributed by atoms with Crippen LogP contribution in [0.3, 0.4) is 0 Å². The van der Waals surface area contributed by atoms with Gasteiger partial charge in [-0.3, -0.25) is 42.0 Å². The van der Waals surface area contributed by atoms with Crippen molar-refractivity contribution in [3.63, 3.8) is 0 Å². The van der Waals surface area contributed by atoms with Crippen LogP contribution in [0.2, 0.25) is 0 Å². The van der Waals surface area contributed by atoms with Gasteiger partial charge in [0, 0.05) is 44.0 Å². The Labute approximate surface area is 832 Å². The third kappa shape index (κ3) is 19.2. The topological polar surface area (TPSA) is 784 Å². The van der Waals surface area contributed by atoms with Crippen molar-refractivity contribution in [1.82, 2.24) is 97.2 Å². The summed E-state index contributed by atoms with van der Waals surface area (Å²) in [5.41, 5.74) is 19.8. The Kier molecular flexibility index (Phi) is 30.9. The third-order valence-electron chi connectivity index (χ3n) is 24.3. The van der Waals surface area contributed by atoms with Gasteiger partial charge in [-0.15, -0.1) is 38.5 Å². The van der Waals surface area contributed by atoms with E-state index >= 15 is 8.78 Å². The molecule has 6 saturated heterocycles. The maximum absolute atomic E-state index is 16.1. The number of carbonyl (C=O) groups excluding carboxylic acids is 4. The van der Waals surface area contributed by atoms with Crippen molar-refractivity contribution in [2.24, 2.45) is 11.8 Å². The molecule has 0 unspecified atom stereocenters. The van der Waals surface area contributed by atoms with Crippen LogP contribution < -0.4 is 28.7 Å². The summed E-state index contributed by atoms with van der Waals surface area (Å²) in [6.45, 7) is 8.05. The molecule has 18 heterocycles. The van der Waals surface area contributed by atoms with E-state index in [9.17, 15) is 89.2 Å². The van der Waals surface area contributed by atoms with Gasteiger partial charge in [0.2, 0.25) is 34.6 Å². The van der Waals surface area contributed by atoms with E-state index < -0.39 is 219 Å². The smallest absolute Gasteiger partial charge is 0.308 e. The first kappa shape index (κ1) is 110. The number of pyridine rings is 3. The van der Waals surface area contributed by atoms with E-state index in [1.54, 1.807) is 40.7 Å². The van der Waals surface area contributed by atoms with Crippen LogP contribution in [-0.4, -0.2) is 338 Å². The molecule has 6 fully saturated rings. The molecule has 0 aliphatic carbocycles. The second-order valence-corrected chi connectivity index (χ2v) is 34.8. The second-order valence-electron chi connectivity index (χ2n) is 34.8. The first-order valence-corrected chi connectivity index (χ1v) is 43.9. The van der Waals surface area contributed by atoms with Crippen molar-refractivity contribution in [3.8, 4) is 74.1 Å². The number of esters is 4. The number of hydrogen-bond donors (Lipinski definition) is 19. The zero-order valence-corrected chi connectivity index (χ0v) is 79.3. The number of imidazole rings is 5. The number of aliphatic hydroxyl groups excluding tert-OH is 8. The Morgan fingerprint density at radius 1 is 0.412 bits per heavy atom. The molecule has 6 aliphatic rings. The lowest BCUT2D eigenvalue weighted by atomic mass is 9.93. The minimum atomic E-state index is -2.96. The van der Waals surface area contributed by atoms with Gasteiger partial charge in [-0.2, -0.15) is 0 Å². The van der Waals surface area contributed by atoms with Crippen LogP contribution in [0.15, 0.2) is 87.0 Å². The minimum Gasteiger partial charge on any atom is -0.460 e. The number of carbonyl (C=O) groups is 4. The predicted molar refractivity (Wildman–Crippen MR) is 498 cm³/mol. The third-order valence-corrected chi connectivity index (χ3v) is 24.3. The zero-order chi connectivity index (χ0) is 109. The molecular weight excluding hydrogens is 1970 g/mol. The van der Waals surface area contributed by atoms with Crippen molar-refractivity contribution in [3.05, 3.63) is 104 Å². The summed E-state index contributed by atoms with van der Waals surface area (Å²) >= 11 is 0. The van der Waals surface area contributed by atoms with Crippen LogP contribution >= 0.6 is 0 Å². The molecule has 53 nitrogen and oxygen atoms in total. The Bertz CT molecular complexity index is 7080. The minimum absolute atomic E-state index is 0.150. The maximum Gasteiger partial charge on any atom is 0.308 e. The van der Waals surface area contributed by atoms with Crippen molar-refractivity contribution >= 4 is 119 Å². The SMILES string of the molecule is C#C[C@@]1(O)[C@H](O)[C@@H](CO)O[C@H]1n1cnc2c(N)nc(C)nc21.C#C[C@@]1(O)[C@H](O)[C@@H](CO)O[C@H]1n1cnc2c(N)nc(C)nc21.C#C[C@]1(O)[C@H](n2ccc3c(C)ncnc32)O[C@](F)(CO)[C@H]1O.C#C[C@]1(O)[C@H](n2cnc3c(N)ccnc32)O[C@](F)(CO)[C@H]1O.C#C[C@]1(O)[C@H](n2cnc3c(N)ccnc32)O[C@](F)(COC(=O)C(C)C)[C@H]1OC(=O)C(C)C.C#C[C@]1(O)[C@H](n2cnc3c(N)ccnc32)O[C@](F)(COC(C)=O)[C@H]1OC(C)=O. The molecule has 18 rings (SSSR count). The van der Waals surface area contributed by atoms with Crippen LogP contribution in [0.5, 0.6) is 0 Å². The van der Waals surface area contributed by atoms with Gasteiger partial charge in [0.15, 0.2) is 114 Å². The Morgan fingerprint density at radius 2 is 0.750 bits per heavy atom.